The van der Waals surface area contributed by atoms with Crippen molar-refractivity contribution >= 4 is 35.3 Å². The number of nitrogens with zero attached hydrogens (tertiary/aromatic N) is 2. The Kier molecular flexibility index (Phi) is 5.23. The van der Waals surface area contributed by atoms with E-state index in [2.05, 4.69) is 15.0 Å². The van der Waals surface area contributed by atoms with Gasteiger partial charge in [-0.25, -0.2) is 9.18 Å². The lowest BCUT2D eigenvalue weighted by Gasteiger charge is -2.32. The molecule has 11 nitrogen and oxygen atoms in total. The average molecular weight is 482 g/mol. The number of halogens is 1. The predicted octanol–water partition coefficient (Wildman–Crippen LogP) is 0.265. The monoisotopic (exact) mass is 482 g/mol. The number of aromatic amines is 1. The van der Waals surface area contributed by atoms with Crippen molar-refractivity contribution in [1.29, 1.82) is 0 Å². The first-order valence-electron chi connectivity index (χ1n) is 10.8. The van der Waals surface area contributed by atoms with Crippen LogP contribution in [0.15, 0.2) is 23.1 Å². The SMILES string of the molecule is COC(=O)c1c[nH]c2c(c1=O)CN(c1c(F)ccc3c1C(=O)N(C1CCC(=O)NC1=O)C3=O)CC2. The summed E-state index contributed by atoms with van der Waals surface area (Å²) in [5.41, 5.74) is -0.431. The van der Waals surface area contributed by atoms with Crippen molar-refractivity contribution in [2.24, 2.45) is 0 Å². The van der Waals surface area contributed by atoms with Gasteiger partial charge in [0.25, 0.3) is 11.8 Å². The molecule has 12 heteroatoms. The fourth-order valence-electron chi connectivity index (χ4n) is 4.79. The summed E-state index contributed by atoms with van der Waals surface area (Å²) in [5, 5.41) is 2.12. The largest absolute Gasteiger partial charge is 0.465 e. The minimum absolute atomic E-state index is 0.0310. The lowest BCUT2D eigenvalue weighted by Crippen LogP contribution is -2.54. The molecule has 1 unspecified atom stereocenters. The molecule has 1 fully saturated rings. The van der Waals surface area contributed by atoms with E-state index in [1.54, 1.807) is 0 Å². The van der Waals surface area contributed by atoms with E-state index >= 15 is 4.39 Å². The summed E-state index contributed by atoms with van der Waals surface area (Å²) < 4.78 is 19.8. The minimum atomic E-state index is -1.19. The summed E-state index contributed by atoms with van der Waals surface area (Å²) in [6, 6.07) is 1.04. The number of anilines is 1. The van der Waals surface area contributed by atoms with Gasteiger partial charge in [-0.2, -0.15) is 0 Å². The zero-order chi connectivity index (χ0) is 25.0. The number of fused-ring (bicyclic) bond motifs is 2. The van der Waals surface area contributed by atoms with Gasteiger partial charge in [-0.05, 0) is 18.6 Å². The first kappa shape index (κ1) is 22.4. The highest BCUT2D eigenvalue weighted by atomic mass is 19.1. The van der Waals surface area contributed by atoms with E-state index in [4.69, 9.17) is 0 Å². The molecule has 0 aliphatic carbocycles. The topological polar surface area (TPSA) is 146 Å². The van der Waals surface area contributed by atoms with Crippen molar-refractivity contribution < 1.29 is 33.1 Å². The number of ether oxygens (including phenoxy) is 1. The van der Waals surface area contributed by atoms with E-state index in [0.29, 0.717) is 5.69 Å². The first-order valence-corrected chi connectivity index (χ1v) is 10.8. The van der Waals surface area contributed by atoms with Crippen LogP contribution in [0, 0.1) is 5.82 Å². The van der Waals surface area contributed by atoms with Gasteiger partial charge >= 0.3 is 5.97 Å². The van der Waals surface area contributed by atoms with Gasteiger partial charge in [0.05, 0.1) is 23.9 Å². The normalized spacial score (nSPS) is 19.4. The van der Waals surface area contributed by atoms with Crippen LogP contribution in [0.1, 0.15) is 55.2 Å². The van der Waals surface area contributed by atoms with Crippen LogP contribution in [-0.2, 0) is 27.3 Å². The van der Waals surface area contributed by atoms with Crippen LogP contribution in [0.3, 0.4) is 0 Å². The molecular formula is C23H19FN4O7. The Morgan fingerprint density at radius 1 is 1.11 bits per heavy atom. The molecule has 180 valence electrons. The number of hydrogen-bond acceptors (Lipinski definition) is 8. The summed E-state index contributed by atoms with van der Waals surface area (Å²) in [4.78, 5) is 80.2. The zero-order valence-electron chi connectivity index (χ0n) is 18.5. The number of benzene rings is 1. The summed E-state index contributed by atoms with van der Waals surface area (Å²) >= 11 is 0. The van der Waals surface area contributed by atoms with Gasteiger partial charge in [0.2, 0.25) is 17.2 Å². The number of imide groups is 2. The molecule has 1 aromatic heterocycles. The summed E-state index contributed by atoms with van der Waals surface area (Å²) in [5.74, 6) is -4.48. The Morgan fingerprint density at radius 3 is 2.60 bits per heavy atom. The number of carbonyl (C=O) groups excluding carboxylic acids is 5. The molecule has 2 aromatic rings. The maximum Gasteiger partial charge on any atom is 0.343 e. The number of carbonyl (C=O) groups is 5. The number of pyridine rings is 1. The second-order valence-electron chi connectivity index (χ2n) is 8.42. The van der Waals surface area contributed by atoms with Crippen molar-refractivity contribution in [3.05, 3.63) is 62.3 Å². The highest BCUT2D eigenvalue weighted by molar-refractivity contribution is 6.25. The van der Waals surface area contributed by atoms with Crippen LogP contribution in [0.25, 0.3) is 0 Å². The van der Waals surface area contributed by atoms with Crippen LogP contribution >= 0.6 is 0 Å². The molecule has 0 radical (unpaired) electrons. The van der Waals surface area contributed by atoms with E-state index in [-0.39, 0.29) is 60.3 Å². The van der Waals surface area contributed by atoms with Gasteiger partial charge in [-0.15, -0.1) is 0 Å². The lowest BCUT2D eigenvalue weighted by molar-refractivity contribution is -0.136. The third-order valence-electron chi connectivity index (χ3n) is 6.51. The van der Waals surface area contributed by atoms with Crippen LogP contribution in [0.2, 0.25) is 0 Å². The van der Waals surface area contributed by atoms with E-state index in [1.807, 2.05) is 0 Å². The maximum atomic E-state index is 15.2. The molecule has 35 heavy (non-hydrogen) atoms. The predicted molar refractivity (Wildman–Crippen MR) is 116 cm³/mol. The Labute approximate surface area is 196 Å². The Balaban J connectivity index is 1.54. The lowest BCUT2D eigenvalue weighted by atomic mass is 9.99. The smallest absolute Gasteiger partial charge is 0.343 e. The Morgan fingerprint density at radius 2 is 1.89 bits per heavy atom. The van der Waals surface area contributed by atoms with E-state index in [1.165, 1.54) is 17.2 Å². The van der Waals surface area contributed by atoms with E-state index in [9.17, 15) is 28.8 Å². The molecule has 0 spiro atoms. The van der Waals surface area contributed by atoms with Gasteiger partial charge in [0.1, 0.15) is 17.4 Å². The quantitative estimate of drug-likeness (QED) is 0.468. The number of methoxy groups -OCH3 is 1. The van der Waals surface area contributed by atoms with Crippen molar-refractivity contribution in [2.75, 3.05) is 18.6 Å². The molecule has 0 saturated carbocycles. The van der Waals surface area contributed by atoms with Crippen molar-refractivity contribution in [3.63, 3.8) is 0 Å². The molecular weight excluding hydrogens is 463 g/mol. The number of piperidine rings is 1. The number of amides is 4. The summed E-state index contributed by atoms with van der Waals surface area (Å²) in [7, 11) is 1.15. The zero-order valence-corrected chi connectivity index (χ0v) is 18.5. The van der Waals surface area contributed by atoms with Crippen LogP contribution in [0.4, 0.5) is 10.1 Å². The van der Waals surface area contributed by atoms with Crippen LogP contribution < -0.4 is 15.6 Å². The van der Waals surface area contributed by atoms with E-state index in [0.717, 1.165) is 18.1 Å². The van der Waals surface area contributed by atoms with Crippen molar-refractivity contribution in [1.82, 2.24) is 15.2 Å². The third kappa shape index (κ3) is 3.40. The van der Waals surface area contributed by atoms with Crippen LogP contribution in [0.5, 0.6) is 0 Å². The Bertz CT molecular complexity index is 1400. The van der Waals surface area contributed by atoms with Gasteiger partial charge in [0.15, 0.2) is 0 Å². The third-order valence-corrected chi connectivity index (χ3v) is 6.51. The second kappa shape index (κ2) is 8.15. The molecule has 1 atom stereocenters. The molecule has 1 saturated heterocycles. The number of H-pyrrole nitrogens is 1. The summed E-state index contributed by atoms with van der Waals surface area (Å²) in [6.45, 7) is 0.0938. The molecule has 4 amide bonds. The number of rotatable bonds is 3. The molecule has 1 aromatic carbocycles. The second-order valence-corrected chi connectivity index (χ2v) is 8.42. The molecule has 0 bridgehead atoms. The molecule has 4 heterocycles. The highest BCUT2D eigenvalue weighted by Crippen LogP contribution is 2.37. The van der Waals surface area contributed by atoms with Gasteiger partial charge in [-0.1, -0.05) is 0 Å². The number of nitrogens with one attached hydrogen (secondary N) is 2. The van der Waals surface area contributed by atoms with Crippen molar-refractivity contribution in [2.45, 2.75) is 31.8 Å². The van der Waals surface area contributed by atoms with Crippen LogP contribution in [-0.4, -0.2) is 59.2 Å². The van der Waals surface area contributed by atoms with Gasteiger partial charge in [0, 0.05) is 43.4 Å². The average Bonchev–Trinajstić information content (AvgIpc) is 3.08. The number of esters is 1. The molecule has 2 N–H and O–H groups in total. The van der Waals surface area contributed by atoms with Gasteiger partial charge in [-0.3, -0.25) is 34.2 Å². The molecule has 3 aliphatic heterocycles. The highest BCUT2D eigenvalue weighted by Gasteiger charge is 2.47. The number of aromatic nitrogens is 1. The van der Waals surface area contributed by atoms with Gasteiger partial charge < -0.3 is 14.6 Å². The summed E-state index contributed by atoms with van der Waals surface area (Å²) in [6.07, 6.45) is 1.48. The number of hydrogen-bond donors (Lipinski definition) is 2. The van der Waals surface area contributed by atoms with E-state index < -0.39 is 46.9 Å². The fraction of sp³-hybridized carbons (Fsp3) is 0.304. The standard InChI is InChI=1S/C23H19FN4O7/c1-35-23(34)11-8-25-14-6-7-27(9-12(14)19(11)30)18-13(24)3-2-10-17(18)22(33)28(21(10)32)15-4-5-16(29)26-20(15)31/h2-3,8,15H,4-7,9H2,1H3,(H,25,30)(H,26,29,31). The van der Waals surface area contributed by atoms with Crippen molar-refractivity contribution in [3.8, 4) is 0 Å². The minimum Gasteiger partial charge on any atom is -0.465 e. The molecule has 3 aliphatic rings. The maximum absolute atomic E-state index is 15.2. The first-order chi connectivity index (χ1) is 16.7. The Hall–Kier alpha value is -4.35. The molecule has 5 rings (SSSR count). The fourth-order valence-corrected chi connectivity index (χ4v) is 4.79.